The molecule has 1 saturated heterocycles. The van der Waals surface area contributed by atoms with Gasteiger partial charge in [-0.2, -0.15) is 0 Å². The van der Waals surface area contributed by atoms with Crippen LogP contribution in [0.25, 0.3) is 0 Å². The van der Waals surface area contributed by atoms with Gasteiger partial charge < -0.3 is 10.0 Å². The molecule has 124 valence electrons. The van der Waals surface area contributed by atoms with Crippen LogP contribution < -0.4 is 4.90 Å². The molecule has 0 aliphatic carbocycles. The monoisotopic (exact) mass is 342 g/mol. The Balaban J connectivity index is 1.80. The molecule has 0 aromatic heterocycles. The Bertz CT molecular complexity index is 796. The van der Waals surface area contributed by atoms with E-state index < -0.39 is 5.97 Å². The number of anilines is 1. The molecule has 1 aliphatic rings. The number of halogens is 1. The first-order valence-electron chi connectivity index (χ1n) is 7.97. The van der Waals surface area contributed by atoms with Crippen molar-refractivity contribution in [3.05, 3.63) is 58.1 Å². The van der Waals surface area contributed by atoms with Crippen molar-refractivity contribution in [3.63, 3.8) is 0 Å². The Hall–Kier alpha value is -2.33. The molecule has 2 aromatic carbocycles. The van der Waals surface area contributed by atoms with E-state index in [1.165, 1.54) is 30.2 Å². The van der Waals surface area contributed by atoms with Gasteiger partial charge in [-0.1, -0.05) is 17.7 Å². The summed E-state index contributed by atoms with van der Waals surface area (Å²) in [6.07, 6.45) is 4.26. The summed E-state index contributed by atoms with van der Waals surface area (Å²) in [5.74, 6) is -1.05. The number of rotatable bonds is 4. The van der Waals surface area contributed by atoms with E-state index in [0.717, 1.165) is 18.7 Å². The molecule has 1 heterocycles. The van der Waals surface area contributed by atoms with Crippen LogP contribution in [0.1, 0.15) is 34.3 Å². The van der Waals surface area contributed by atoms with Crippen molar-refractivity contribution in [2.45, 2.75) is 19.8 Å². The second kappa shape index (κ2) is 7.05. The average Bonchev–Trinajstić information content (AvgIpc) is 3.08. The molecule has 0 amide bonds. The lowest BCUT2D eigenvalue weighted by Gasteiger charge is -2.20. The predicted octanol–water partition coefficient (Wildman–Crippen LogP) is 4.70. The SMILES string of the molecule is Cc1cc(C=Nc2ccc(Cl)c(C(=O)O)c2)ccc1N1CCCC1. The van der Waals surface area contributed by atoms with Crippen LogP contribution in [-0.2, 0) is 0 Å². The van der Waals surface area contributed by atoms with Gasteiger partial charge in [0.15, 0.2) is 0 Å². The van der Waals surface area contributed by atoms with Crippen LogP contribution >= 0.6 is 11.6 Å². The van der Waals surface area contributed by atoms with Gasteiger partial charge in [0.25, 0.3) is 0 Å². The molecule has 1 aliphatic heterocycles. The molecule has 2 aromatic rings. The maximum Gasteiger partial charge on any atom is 0.337 e. The van der Waals surface area contributed by atoms with E-state index in [9.17, 15) is 4.79 Å². The van der Waals surface area contributed by atoms with Crippen LogP contribution in [-0.4, -0.2) is 30.4 Å². The van der Waals surface area contributed by atoms with Gasteiger partial charge in [0.05, 0.1) is 16.3 Å². The minimum absolute atomic E-state index is 0.0619. The summed E-state index contributed by atoms with van der Waals surface area (Å²) in [5, 5.41) is 9.32. The topological polar surface area (TPSA) is 52.9 Å². The molecule has 0 bridgehead atoms. The van der Waals surface area contributed by atoms with Gasteiger partial charge in [-0.25, -0.2) is 4.79 Å². The summed E-state index contributed by atoms with van der Waals surface area (Å²) in [5.41, 5.74) is 4.12. The molecular weight excluding hydrogens is 324 g/mol. The number of aryl methyl sites for hydroxylation is 1. The van der Waals surface area contributed by atoms with E-state index in [1.54, 1.807) is 18.3 Å². The minimum atomic E-state index is -1.05. The number of hydrogen-bond donors (Lipinski definition) is 1. The number of hydrogen-bond acceptors (Lipinski definition) is 3. The summed E-state index contributed by atoms with van der Waals surface area (Å²) in [6.45, 7) is 4.35. The molecule has 4 nitrogen and oxygen atoms in total. The van der Waals surface area contributed by atoms with Gasteiger partial charge in [0, 0.05) is 25.0 Å². The van der Waals surface area contributed by atoms with Crippen molar-refractivity contribution in [2.24, 2.45) is 4.99 Å². The van der Waals surface area contributed by atoms with Gasteiger partial charge in [0.2, 0.25) is 0 Å². The summed E-state index contributed by atoms with van der Waals surface area (Å²) in [7, 11) is 0. The highest BCUT2D eigenvalue weighted by Gasteiger charge is 2.14. The molecule has 0 spiro atoms. The third kappa shape index (κ3) is 3.60. The lowest BCUT2D eigenvalue weighted by atomic mass is 10.1. The Kier molecular flexibility index (Phi) is 4.86. The largest absolute Gasteiger partial charge is 0.478 e. The van der Waals surface area contributed by atoms with Crippen molar-refractivity contribution in [1.82, 2.24) is 0 Å². The number of aromatic carboxylic acids is 1. The summed E-state index contributed by atoms with van der Waals surface area (Å²) in [6, 6.07) is 11.0. The van der Waals surface area contributed by atoms with Gasteiger partial charge >= 0.3 is 5.97 Å². The summed E-state index contributed by atoms with van der Waals surface area (Å²) in [4.78, 5) is 17.9. The second-order valence-corrected chi connectivity index (χ2v) is 6.37. The van der Waals surface area contributed by atoms with Gasteiger partial charge in [0.1, 0.15) is 0 Å². The van der Waals surface area contributed by atoms with Gasteiger partial charge in [-0.05, 0) is 61.2 Å². The molecule has 0 saturated carbocycles. The van der Waals surface area contributed by atoms with Gasteiger partial charge in [-0.3, -0.25) is 4.99 Å². The zero-order chi connectivity index (χ0) is 17.1. The molecule has 1 fully saturated rings. The number of carboxylic acids is 1. The zero-order valence-corrected chi connectivity index (χ0v) is 14.3. The molecule has 24 heavy (non-hydrogen) atoms. The summed E-state index contributed by atoms with van der Waals surface area (Å²) < 4.78 is 0. The smallest absolute Gasteiger partial charge is 0.337 e. The fourth-order valence-electron chi connectivity index (χ4n) is 2.98. The van der Waals surface area contributed by atoms with Crippen LogP contribution in [0.5, 0.6) is 0 Å². The Labute approximate surface area is 146 Å². The number of aliphatic imine (C=N–C) groups is 1. The molecule has 3 rings (SSSR count). The number of nitrogens with zero attached hydrogens (tertiary/aromatic N) is 2. The zero-order valence-electron chi connectivity index (χ0n) is 13.5. The van der Waals surface area contributed by atoms with Crippen LogP contribution in [0.2, 0.25) is 5.02 Å². The van der Waals surface area contributed by atoms with Gasteiger partial charge in [-0.15, -0.1) is 0 Å². The average molecular weight is 343 g/mol. The third-order valence-corrected chi connectivity index (χ3v) is 4.54. The maximum atomic E-state index is 11.1. The van der Waals surface area contributed by atoms with E-state index in [4.69, 9.17) is 16.7 Å². The van der Waals surface area contributed by atoms with E-state index >= 15 is 0 Å². The second-order valence-electron chi connectivity index (χ2n) is 5.97. The Morgan fingerprint density at radius 3 is 2.62 bits per heavy atom. The fourth-order valence-corrected chi connectivity index (χ4v) is 3.18. The molecule has 0 unspecified atom stereocenters. The molecule has 0 atom stereocenters. The van der Waals surface area contributed by atoms with Crippen molar-refractivity contribution in [3.8, 4) is 0 Å². The first kappa shape index (κ1) is 16.5. The van der Waals surface area contributed by atoms with Crippen LogP contribution in [0, 0.1) is 6.92 Å². The fraction of sp³-hybridized carbons (Fsp3) is 0.263. The Morgan fingerprint density at radius 2 is 1.96 bits per heavy atom. The van der Waals surface area contributed by atoms with E-state index in [0.29, 0.717) is 5.69 Å². The van der Waals surface area contributed by atoms with Crippen LogP contribution in [0.15, 0.2) is 41.4 Å². The predicted molar refractivity (Wildman–Crippen MR) is 98.3 cm³/mol. The normalized spacial score (nSPS) is 14.5. The lowest BCUT2D eigenvalue weighted by molar-refractivity contribution is 0.0697. The lowest BCUT2D eigenvalue weighted by Crippen LogP contribution is -2.18. The third-order valence-electron chi connectivity index (χ3n) is 4.21. The molecule has 0 radical (unpaired) electrons. The highest BCUT2D eigenvalue weighted by molar-refractivity contribution is 6.33. The standard InChI is InChI=1S/C19H19ClN2O2/c1-13-10-14(4-7-18(13)22-8-2-3-9-22)12-21-15-5-6-17(20)16(11-15)19(23)24/h4-7,10-12H,2-3,8-9H2,1H3,(H,23,24). The van der Waals surface area contributed by atoms with E-state index in [2.05, 4.69) is 28.9 Å². The van der Waals surface area contributed by atoms with Crippen molar-refractivity contribution >= 4 is 35.2 Å². The quantitative estimate of drug-likeness (QED) is 0.819. The summed E-state index contributed by atoms with van der Waals surface area (Å²) >= 11 is 5.87. The first-order chi connectivity index (χ1) is 11.5. The molecule has 5 heteroatoms. The van der Waals surface area contributed by atoms with Crippen molar-refractivity contribution < 1.29 is 9.90 Å². The van der Waals surface area contributed by atoms with Crippen molar-refractivity contribution in [1.29, 1.82) is 0 Å². The minimum Gasteiger partial charge on any atom is -0.478 e. The van der Waals surface area contributed by atoms with E-state index in [-0.39, 0.29) is 10.6 Å². The Morgan fingerprint density at radius 1 is 1.21 bits per heavy atom. The molecular formula is C19H19ClN2O2. The van der Waals surface area contributed by atoms with Crippen LogP contribution in [0.4, 0.5) is 11.4 Å². The van der Waals surface area contributed by atoms with Crippen molar-refractivity contribution in [2.75, 3.05) is 18.0 Å². The highest BCUT2D eigenvalue weighted by atomic mass is 35.5. The number of carbonyl (C=O) groups is 1. The maximum absolute atomic E-state index is 11.1. The number of benzene rings is 2. The number of carboxylic acid groups (broad SMARTS) is 1. The first-order valence-corrected chi connectivity index (χ1v) is 8.35. The molecule has 1 N–H and O–H groups in total. The van der Waals surface area contributed by atoms with E-state index in [1.807, 2.05) is 6.07 Å². The highest BCUT2D eigenvalue weighted by Crippen LogP contribution is 2.25. The van der Waals surface area contributed by atoms with Crippen LogP contribution in [0.3, 0.4) is 0 Å².